The number of hydrogen-bond acceptors (Lipinski definition) is 6. The Morgan fingerprint density at radius 2 is 2.00 bits per heavy atom. The van der Waals surface area contributed by atoms with Crippen LogP contribution in [0.15, 0.2) is 54.9 Å². The van der Waals surface area contributed by atoms with Crippen LogP contribution in [0.1, 0.15) is 42.7 Å². The van der Waals surface area contributed by atoms with Crippen molar-refractivity contribution in [3.05, 3.63) is 66.1 Å². The van der Waals surface area contributed by atoms with Crippen LogP contribution in [0.3, 0.4) is 0 Å². The van der Waals surface area contributed by atoms with Crippen molar-refractivity contribution in [2.45, 2.75) is 51.3 Å². The van der Waals surface area contributed by atoms with Crippen molar-refractivity contribution in [1.82, 2.24) is 25.1 Å². The smallest absolute Gasteiger partial charge is 0.317 e. The van der Waals surface area contributed by atoms with Gasteiger partial charge < -0.3 is 19.9 Å². The van der Waals surface area contributed by atoms with Crippen LogP contribution >= 0.6 is 0 Å². The average molecular weight is 452 g/mol. The molecule has 1 aliphatic rings. The van der Waals surface area contributed by atoms with E-state index >= 15 is 0 Å². The molecule has 8 heteroatoms. The number of carbonyl (C=O) groups excluding carboxylic acids is 2. The van der Waals surface area contributed by atoms with E-state index in [4.69, 9.17) is 4.74 Å². The zero-order valence-electron chi connectivity index (χ0n) is 19.8. The molecule has 0 radical (unpaired) electrons. The Bertz CT molecular complexity index is 964. The number of aromatic nitrogens is 2. The van der Waals surface area contributed by atoms with Gasteiger partial charge in [-0.1, -0.05) is 36.4 Å². The third kappa shape index (κ3) is 6.78. The van der Waals surface area contributed by atoms with Gasteiger partial charge in [-0.15, -0.1) is 0 Å². The molecule has 2 atom stereocenters. The lowest BCUT2D eigenvalue weighted by atomic mass is 10.0. The van der Waals surface area contributed by atoms with E-state index in [2.05, 4.69) is 15.3 Å². The summed E-state index contributed by atoms with van der Waals surface area (Å²) < 4.78 is 5.54. The van der Waals surface area contributed by atoms with Gasteiger partial charge in [-0.25, -0.2) is 4.98 Å². The number of benzene rings is 1. The molecule has 33 heavy (non-hydrogen) atoms. The molecule has 176 valence electrons. The second-order valence-corrected chi connectivity index (χ2v) is 8.53. The van der Waals surface area contributed by atoms with Gasteiger partial charge in [0, 0.05) is 32.9 Å². The summed E-state index contributed by atoms with van der Waals surface area (Å²) in [6, 6.07) is 11.5. The van der Waals surface area contributed by atoms with E-state index in [1.807, 2.05) is 68.4 Å². The first kappa shape index (κ1) is 24.2. The van der Waals surface area contributed by atoms with Crippen LogP contribution in [-0.4, -0.2) is 70.4 Å². The quantitative estimate of drug-likeness (QED) is 0.598. The monoisotopic (exact) mass is 451 g/mol. The minimum Gasteiger partial charge on any atom is -0.461 e. The first-order chi connectivity index (χ1) is 15.8. The Balaban J connectivity index is 1.68. The van der Waals surface area contributed by atoms with Crippen molar-refractivity contribution in [3.8, 4) is 6.01 Å². The Kier molecular flexibility index (Phi) is 8.40. The van der Waals surface area contributed by atoms with E-state index in [9.17, 15) is 9.59 Å². The first-order valence-corrected chi connectivity index (χ1v) is 11.3. The van der Waals surface area contributed by atoms with Crippen molar-refractivity contribution in [1.29, 1.82) is 0 Å². The fourth-order valence-electron chi connectivity index (χ4n) is 3.79. The summed E-state index contributed by atoms with van der Waals surface area (Å²) in [6.45, 7) is 4.24. The molecule has 2 aromatic rings. The van der Waals surface area contributed by atoms with Crippen LogP contribution in [0.4, 0.5) is 0 Å². The molecule has 2 amide bonds. The minimum atomic E-state index is -0.210. The van der Waals surface area contributed by atoms with Gasteiger partial charge in [-0.3, -0.25) is 9.59 Å². The van der Waals surface area contributed by atoms with Gasteiger partial charge in [0.2, 0.25) is 5.91 Å². The zero-order valence-corrected chi connectivity index (χ0v) is 19.8. The number of nitrogens with zero attached hydrogens (tertiary/aromatic N) is 4. The molecule has 8 nitrogen and oxygen atoms in total. The Morgan fingerprint density at radius 1 is 1.24 bits per heavy atom. The van der Waals surface area contributed by atoms with Crippen molar-refractivity contribution in [2.75, 3.05) is 20.6 Å². The number of carbonyl (C=O) groups is 2. The molecule has 1 aromatic carbocycles. The van der Waals surface area contributed by atoms with Crippen molar-refractivity contribution >= 4 is 11.8 Å². The lowest BCUT2D eigenvalue weighted by molar-refractivity contribution is -0.124. The maximum atomic E-state index is 13.2. The number of likely N-dealkylation sites (N-methyl/N-ethyl adjacent to an activating group) is 2. The highest BCUT2D eigenvalue weighted by molar-refractivity contribution is 5.92. The second kappa shape index (κ2) is 11.4. The van der Waals surface area contributed by atoms with Gasteiger partial charge in [0.05, 0.1) is 6.10 Å². The number of rotatable bonds is 10. The molecular formula is C25H33N5O3. The van der Waals surface area contributed by atoms with Crippen LogP contribution in [0.2, 0.25) is 0 Å². The Morgan fingerprint density at radius 3 is 2.67 bits per heavy atom. The topological polar surface area (TPSA) is 87.7 Å². The second-order valence-electron chi connectivity index (χ2n) is 8.53. The molecule has 1 N–H and O–H groups in total. The molecule has 0 saturated heterocycles. The summed E-state index contributed by atoms with van der Waals surface area (Å²) in [5.74, 6) is -0.209. The molecule has 0 aliphatic carbocycles. The summed E-state index contributed by atoms with van der Waals surface area (Å²) in [5.41, 5.74) is 1.41. The van der Waals surface area contributed by atoms with Gasteiger partial charge in [-0.05, 0) is 50.9 Å². The molecular weight excluding hydrogens is 418 g/mol. The largest absolute Gasteiger partial charge is 0.461 e. The van der Waals surface area contributed by atoms with Crippen LogP contribution in [0.5, 0.6) is 6.01 Å². The van der Waals surface area contributed by atoms with E-state index in [0.29, 0.717) is 25.8 Å². The third-order valence-electron chi connectivity index (χ3n) is 5.65. The van der Waals surface area contributed by atoms with Crippen molar-refractivity contribution in [3.63, 3.8) is 0 Å². The molecule has 1 unspecified atom stereocenters. The highest BCUT2D eigenvalue weighted by Gasteiger charge is 2.26. The number of ether oxygens (including phenoxy) is 1. The standard InChI is InChI=1S/C25H33N5O3/c1-18(2)33-25-27-15-13-21(28-25)24(32)30(4)20(17-19-9-6-5-7-10-19)12-14-26-23(31)22-11-8-16-29(22)3/h5-10,13,15-16,18,20,22H,11-12,14,17H2,1-4H3,(H,26,31)/t20-,22?/m1/s1. The predicted octanol–water partition coefficient (Wildman–Crippen LogP) is 2.67. The van der Waals surface area contributed by atoms with Gasteiger partial charge in [0.15, 0.2) is 0 Å². The maximum Gasteiger partial charge on any atom is 0.317 e. The van der Waals surface area contributed by atoms with Crippen LogP contribution < -0.4 is 10.1 Å². The number of hydrogen-bond donors (Lipinski definition) is 1. The minimum absolute atomic E-state index is 0.00113. The molecule has 0 saturated carbocycles. The van der Waals surface area contributed by atoms with Gasteiger partial charge in [0.25, 0.3) is 5.91 Å². The third-order valence-corrected chi connectivity index (χ3v) is 5.65. The lowest BCUT2D eigenvalue weighted by Gasteiger charge is -2.29. The fraction of sp³-hybridized carbons (Fsp3) is 0.440. The Hall–Kier alpha value is -3.42. The van der Waals surface area contributed by atoms with Crippen molar-refractivity contribution < 1.29 is 14.3 Å². The molecule has 3 rings (SSSR count). The highest BCUT2D eigenvalue weighted by Crippen LogP contribution is 2.16. The van der Waals surface area contributed by atoms with Crippen molar-refractivity contribution in [2.24, 2.45) is 0 Å². The average Bonchev–Trinajstić information content (AvgIpc) is 3.23. The summed E-state index contributed by atoms with van der Waals surface area (Å²) in [5, 5.41) is 3.03. The molecule has 0 fully saturated rings. The molecule has 1 aliphatic heterocycles. The van der Waals surface area contributed by atoms with Gasteiger partial charge in [-0.2, -0.15) is 4.98 Å². The van der Waals surface area contributed by atoms with Gasteiger partial charge in [0.1, 0.15) is 11.7 Å². The molecule has 2 heterocycles. The molecule has 0 spiro atoms. The van der Waals surface area contributed by atoms with E-state index in [1.165, 1.54) is 6.20 Å². The van der Waals surface area contributed by atoms with E-state index < -0.39 is 0 Å². The fourth-order valence-corrected chi connectivity index (χ4v) is 3.79. The van der Waals surface area contributed by atoms with Gasteiger partial charge >= 0.3 is 6.01 Å². The van der Waals surface area contributed by atoms with Crippen LogP contribution in [-0.2, 0) is 11.2 Å². The first-order valence-electron chi connectivity index (χ1n) is 11.3. The molecule has 0 bridgehead atoms. The lowest BCUT2D eigenvalue weighted by Crippen LogP contribution is -2.44. The summed E-state index contributed by atoms with van der Waals surface area (Å²) in [7, 11) is 3.68. The summed E-state index contributed by atoms with van der Waals surface area (Å²) >= 11 is 0. The highest BCUT2D eigenvalue weighted by atomic mass is 16.5. The Labute approximate surface area is 195 Å². The van der Waals surface area contributed by atoms with E-state index in [0.717, 1.165) is 5.56 Å². The number of nitrogens with one attached hydrogen (secondary N) is 1. The van der Waals surface area contributed by atoms with E-state index in [-0.39, 0.29) is 41.7 Å². The summed E-state index contributed by atoms with van der Waals surface area (Å²) in [6.07, 6.45) is 7.36. The maximum absolute atomic E-state index is 13.2. The summed E-state index contributed by atoms with van der Waals surface area (Å²) in [4.78, 5) is 37.8. The molecule has 1 aromatic heterocycles. The number of amides is 2. The SMILES string of the molecule is CC(C)Oc1nccc(C(=O)N(C)[C@H](CCNC(=O)C2CC=CN2C)Cc2ccccc2)n1. The van der Waals surface area contributed by atoms with Crippen LogP contribution in [0.25, 0.3) is 0 Å². The zero-order chi connectivity index (χ0) is 23.8. The predicted molar refractivity (Wildman–Crippen MR) is 127 cm³/mol. The van der Waals surface area contributed by atoms with E-state index in [1.54, 1.807) is 18.0 Å². The normalized spacial score (nSPS) is 16.0. The van der Waals surface area contributed by atoms with Crippen LogP contribution in [0, 0.1) is 0 Å².